The standard InChI is InChI=1S/C18H16N2O2.CH4/c1-11-5-3-7-15(12(11)2)20-18(22)14-9-8-13-6-4-10-19-16(13)17(14)21;/h3-10,21H,1-2H3,(H,20,22);1H4. The summed E-state index contributed by atoms with van der Waals surface area (Å²) < 4.78 is 0. The Morgan fingerprint density at radius 1 is 1.09 bits per heavy atom. The van der Waals surface area contributed by atoms with E-state index in [1.165, 1.54) is 0 Å². The predicted molar refractivity (Wildman–Crippen MR) is 94.0 cm³/mol. The minimum Gasteiger partial charge on any atom is -0.505 e. The van der Waals surface area contributed by atoms with Gasteiger partial charge in [-0.15, -0.1) is 0 Å². The smallest absolute Gasteiger partial charge is 0.259 e. The van der Waals surface area contributed by atoms with Crippen LogP contribution >= 0.6 is 0 Å². The monoisotopic (exact) mass is 308 g/mol. The van der Waals surface area contributed by atoms with E-state index in [4.69, 9.17) is 0 Å². The van der Waals surface area contributed by atoms with Gasteiger partial charge in [-0.3, -0.25) is 9.78 Å². The van der Waals surface area contributed by atoms with Gasteiger partial charge < -0.3 is 10.4 Å². The summed E-state index contributed by atoms with van der Waals surface area (Å²) in [7, 11) is 0. The molecule has 1 aromatic heterocycles. The van der Waals surface area contributed by atoms with Gasteiger partial charge in [0.25, 0.3) is 5.91 Å². The third kappa shape index (κ3) is 3.01. The van der Waals surface area contributed by atoms with E-state index < -0.39 is 0 Å². The Bertz CT molecular complexity index is 872. The number of nitrogens with zero attached hydrogens (tertiary/aromatic N) is 1. The zero-order valence-electron chi connectivity index (χ0n) is 12.4. The molecule has 1 heterocycles. The highest BCUT2D eigenvalue weighted by atomic mass is 16.3. The molecule has 0 atom stereocenters. The maximum atomic E-state index is 12.4. The minimum absolute atomic E-state index is 0. The molecule has 0 bridgehead atoms. The van der Waals surface area contributed by atoms with Gasteiger partial charge in [0.2, 0.25) is 0 Å². The summed E-state index contributed by atoms with van der Waals surface area (Å²) in [5.74, 6) is -0.445. The summed E-state index contributed by atoms with van der Waals surface area (Å²) in [5.41, 5.74) is 3.49. The van der Waals surface area contributed by atoms with Gasteiger partial charge in [0.05, 0.1) is 5.56 Å². The molecule has 2 aromatic carbocycles. The van der Waals surface area contributed by atoms with Gasteiger partial charge in [0.1, 0.15) is 5.52 Å². The first-order valence-electron chi connectivity index (χ1n) is 7.02. The van der Waals surface area contributed by atoms with Crippen molar-refractivity contribution in [3.05, 3.63) is 65.4 Å². The number of benzene rings is 2. The number of nitrogens with one attached hydrogen (secondary N) is 1. The van der Waals surface area contributed by atoms with Gasteiger partial charge in [0, 0.05) is 17.3 Å². The molecule has 1 amide bonds. The molecule has 2 N–H and O–H groups in total. The Kier molecular flexibility index (Phi) is 4.65. The van der Waals surface area contributed by atoms with Gasteiger partial charge in [-0.2, -0.15) is 0 Å². The van der Waals surface area contributed by atoms with E-state index in [1.807, 2.05) is 38.1 Å². The predicted octanol–water partition coefficient (Wildman–Crippen LogP) is 4.45. The third-order valence-electron chi connectivity index (χ3n) is 3.85. The van der Waals surface area contributed by atoms with Gasteiger partial charge in [-0.1, -0.05) is 31.7 Å². The molecular formula is C19H20N2O2. The number of aromatic nitrogens is 1. The molecule has 0 unspecified atom stereocenters. The lowest BCUT2D eigenvalue weighted by Gasteiger charge is -2.11. The maximum Gasteiger partial charge on any atom is 0.259 e. The highest BCUT2D eigenvalue weighted by molar-refractivity contribution is 6.09. The van der Waals surface area contributed by atoms with E-state index in [1.54, 1.807) is 24.4 Å². The topological polar surface area (TPSA) is 62.2 Å². The molecule has 4 heteroatoms. The normalized spacial score (nSPS) is 10.2. The van der Waals surface area contributed by atoms with Crippen LogP contribution < -0.4 is 5.32 Å². The number of hydrogen-bond donors (Lipinski definition) is 2. The summed E-state index contributed by atoms with van der Waals surface area (Å²) in [6.07, 6.45) is 1.59. The average Bonchev–Trinajstić information content (AvgIpc) is 2.52. The number of fused-ring (bicyclic) bond motifs is 1. The molecule has 3 aromatic rings. The molecule has 118 valence electrons. The fraction of sp³-hybridized carbons (Fsp3) is 0.158. The Hall–Kier alpha value is -2.88. The third-order valence-corrected chi connectivity index (χ3v) is 3.85. The number of phenolic OH excluding ortho intramolecular Hbond substituents is 1. The molecule has 0 aliphatic rings. The first-order valence-corrected chi connectivity index (χ1v) is 7.02. The van der Waals surface area contributed by atoms with Gasteiger partial charge >= 0.3 is 0 Å². The van der Waals surface area contributed by atoms with Crippen molar-refractivity contribution in [2.45, 2.75) is 21.3 Å². The molecule has 0 saturated heterocycles. The first-order chi connectivity index (χ1) is 10.6. The van der Waals surface area contributed by atoms with Crippen LogP contribution in [-0.2, 0) is 0 Å². The Labute approximate surface area is 135 Å². The second-order valence-corrected chi connectivity index (χ2v) is 5.24. The number of pyridine rings is 1. The number of rotatable bonds is 2. The van der Waals surface area contributed by atoms with Crippen LogP contribution in [0.1, 0.15) is 28.9 Å². The van der Waals surface area contributed by atoms with Crippen LogP contribution in [0, 0.1) is 13.8 Å². The van der Waals surface area contributed by atoms with Gasteiger partial charge in [-0.05, 0) is 43.2 Å². The number of carbonyl (C=O) groups excluding carboxylic acids is 1. The SMILES string of the molecule is C.Cc1cccc(NC(=O)c2ccc3cccnc3c2O)c1C. The molecule has 0 aliphatic carbocycles. The van der Waals surface area contributed by atoms with Crippen molar-refractivity contribution < 1.29 is 9.90 Å². The van der Waals surface area contributed by atoms with E-state index in [0.717, 1.165) is 22.2 Å². The molecule has 0 spiro atoms. The first kappa shape index (κ1) is 16.5. The molecule has 4 nitrogen and oxygen atoms in total. The number of amides is 1. The molecule has 23 heavy (non-hydrogen) atoms. The van der Waals surface area contributed by atoms with Crippen LogP contribution in [0.3, 0.4) is 0 Å². The fourth-order valence-electron chi connectivity index (χ4n) is 2.39. The van der Waals surface area contributed by atoms with Crippen molar-refractivity contribution in [1.82, 2.24) is 4.98 Å². The lowest BCUT2D eigenvalue weighted by Crippen LogP contribution is -2.13. The van der Waals surface area contributed by atoms with Crippen LogP contribution in [0.25, 0.3) is 10.9 Å². The van der Waals surface area contributed by atoms with Gasteiger partial charge in [-0.25, -0.2) is 0 Å². The van der Waals surface area contributed by atoms with Crippen LogP contribution in [0.4, 0.5) is 5.69 Å². The lowest BCUT2D eigenvalue weighted by molar-refractivity contribution is 0.102. The van der Waals surface area contributed by atoms with E-state index in [-0.39, 0.29) is 24.6 Å². The second kappa shape index (κ2) is 6.48. The van der Waals surface area contributed by atoms with Crippen LogP contribution in [0.15, 0.2) is 48.7 Å². The summed E-state index contributed by atoms with van der Waals surface area (Å²) in [6, 6.07) is 12.7. The number of aryl methyl sites for hydroxylation is 1. The van der Waals surface area contributed by atoms with E-state index >= 15 is 0 Å². The fourth-order valence-corrected chi connectivity index (χ4v) is 2.39. The summed E-state index contributed by atoms with van der Waals surface area (Å²) >= 11 is 0. The minimum atomic E-state index is -0.348. The van der Waals surface area contributed by atoms with Crippen LogP contribution in [0.2, 0.25) is 0 Å². The zero-order chi connectivity index (χ0) is 15.7. The van der Waals surface area contributed by atoms with Crippen molar-refractivity contribution >= 4 is 22.5 Å². The number of phenols is 1. The maximum absolute atomic E-state index is 12.4. The number of hydrogen-bond acceptors (Lipinski definition) is 3. The average molecular weight is 308 g/mol. The Morgan fingerprint density at radius 2 is 1.87 bits per heavy atom. The van der Waals surface area contributed by atoms with Crippen molar-refractivity contribution in [3.63, 3.8) is 0 Å². The summed E-state index contributed by atoms with van der Waals surface area (Å²) in [6.45, 7) is 3.94. The zero-order valence-corrected chi connectivity index (χ0v) is 12.4. The highest BCUT2D eigenvalue weighted by Gasteiger charge is 2.15. The molecule has 0 aliphatic heterocycles. The molecular weight excluding hydrogens is 288 g/mol. The lowest BCUT2D eigenvalue weighted by atomic mass is 10.1. The number of anilines is 1. The summed E-state index contributed by atoms with van der Waals surface area (Å²) in [5, 5.41) is 13.9. The van der Waals surface area contributed by atoms with Crippen molar-refractivity contribution in [3.8, 4) is 5.75 Å². The van der Waals surface area contributed by atoms with Crippen molar-refractivity contribution in [1.29, 1.82) is 0 Å². The van der Waals surface area contributed by atoms with Crippen LogP contribution in [-0.4, -0.2) is 16.0 Å². The van der Waals surface area contributed by atoms with Crippen molar-refractivity contribution in [2.75, 3.05) is 5.32 Å². The Balaban J connectivity index is 0.00000192. The number of aromatic hydroxyl groups is 1. The van der Waals surface area contributed by atoms with Crippen molar-refractivity contribution in [2.24, 2.45) is 0 Å². The van der Waals surface area contributed by atoms with E-state index in [9.17, 15) is 9.90 Å². The molecule has 0 fully saturated rings. The largest absolute Gasteiger partial charge is 0.505 e. The molecule has 0 saturated carbocycles. The van der Waals surface area contributed by atoms with Gasteiger partial charge in [0.15, 0.2) is 5.75 Å². The summed E-state index contributed by atoms with van der Waals surface area (Å²) in [4.78, 5) is 16.6. The van der Waals surface area contributed by atoms with E-state index in [0.29, 0.717) is 5.52 Å². The molecule has 0 radical (unpaired) electrons. The highest BCUT2D eigenvalue weighted by Crippen LogP contribution is 2.28. The number of carbonyl (C=O) groups is 1. The molecule has 3 rings (SSSR count). The second-order valence-electron chi connectivity index (χ2n) is 5.24. The Morgan fingerprint density at radius 3 is 2.65 bits per heavy atom. The van der Waals surface area contributed by atoms with Crippen LogP contribution in [0.5, 0.6) is 5.75 Å². The van der Waals surface area contributed by atoms with E-state index in [2.05, 4.69) is 10.3 Å². The quantitative estimate of drug-likeness (QED) is 0.735.